The molecule has 0 bridgehead atoms. The molecule has 4 fully saturated rings. The molecule has 2 unspecified atom stereocenters. The smallest absolute Gasteiger partial charge is 0.0678 e. The topological polar surface area (TPSA) is 19.0 Å². The maximum atomic E-state index is 5.88. The first kappa shape index (κ1) is 20.8. The lowest BCUT2D eigenvalue weighted by Crippen LogP contribution is -2.50. The lowest BCUT2D eigenvalue weighted by atomic mass is 9.70. The van der Waals surface area contributed by atoms with Crippen LogP contribution in [0.2, 0.25) is 0 Å². The van der Waals surface area contributed by atoms with Gasteiger partial charge in [0.15, 0.2) is 0 Å². The number of likely N-dealkylation sites (tertiary alicyclic amines) is 1. The summed E-state index contributed by atoms with van der Waals surface area (Å²) < 4.78 is 5.88. The van der Waals surface area contributed by atoms with Gasteiger partial charge in [-0.2, -0.15) is 0 Å². The first-order valence-electron chi connectivity index (χ1n) is 12.5. The predicted molar refractivity (Wildman–Crippen MR) is 124 cm³/mol. The number of ether oxygens (including phenoxy) is 1. The van der Waals surface area contributed by atoms with E-state index in [1.807, 2.05) is 0 Å². The average molecular weight is 412 g/mol. The lowest BCUT2D eigenvalue weighted by molar-refractivity contribution is -0.0704. The number of nitrogens with zero attached hydrogens (tertiary/aromatic N) is 3. The lowest BCUT2D eigenvalue weighted by Gasteiger charge is -2.50. The third-order valence-electron chi connectivity index (χ3n) is 8.48. The van der Waals surface area contributed by atoms with Crippen LogP contribution < -0.4 is 4.90 Å². The molecule has 1 aromatic carbocycles. The highest BCUT2D eigenvalue weighted by Crippen LogP contribution is 2.43. The number of morpholine rings is 1. The molecule has 0 N–H and O–H groups in total. The Kier molecular flexibility index (Phi) is 6.10. The van der Waals surface area contributed by atoms with E-state index in [1.54, 1.807) is 0 Å². The second-order valence-corrected chi connectivity index (χ2v) is 10.7. The van der Waals surface area contributed by atoms with Crippen LogP contribution in [0.5, 0.6) is 0 Å². The van der Waals surface area contributed by atoms with E-state index >= 15 is 0 Å². The molecule has 1 aliphatic carbocycles. The second-order valence-electron chi connectivity index (χ2n) is 10.7. The Morgan fingerprint density at radius 2 is 1.47 bits per heavy atom. The largest absolute Gasteiger partial charge is 0.373 e. The van der Waals surface area contributed by atoms with Crippen LogP contribution in [0.1, 0.15) is 64.4 Å². The van der Waals surface area contributed by atoms with Crippen molar-refractivity contribution in [2.75, 3.05) is 44.2 Å². The predicted octanol–water partition coefficient (Wildman–Crippen LogP) is 4.53. The standard InChI is InChI=1S/C26H41N3O/c1-21-18-27(19-22(2)30-21)20-23-6-8-25(9-7-23)29-16-12-26(13-17-29)10-14-28(15-11-26)24-4-3-5-24/h6-9,21-22,24H,3-5,10-20H2,1-2H3. The van der Waals surface area contributed by atoms with Crippen molar-refractivity contribution in [1.82, 2.24) is 9.80 Å². The second kappa shape index (κ2) is 8.80. The van der Waals surface area contributed by atoms with Gasteiger partial charge in [0, 0.05) is 44.5 Å². The zero-order chi connectivity index (χ0) is 20.6. The van der Waals surface area contributed by atoms with Crippen LogP contribution in [0.25, 0.3) is 0 Å². The molecule has 0 aromatic heterocycles. The summed E-state index contributed by atoms with van der Waals surface area (Å²) in [7, 11) is 0. The van der Waals surface area contributed by atoms with E-state index in [-0.39, 0.29) is 0 Å². The molecule has 0 amide bonds. The van der Waals surface area contributed by atoms with Crippen molar-refractivity contribution in [3.63, 3.8) is 0 Å². The summed E-state index contributed by atoms with van der Waals surface area (Å²) in [6, 6.07) is 10.4. The van der Waals surface area contributed by atoms with Gasteiger partial charge in [-0.25, -0.2) is 0 Å². The number of hydrogen-bond acceptors (Lipinski definition) is 4. The number of anilines is 1. The van der Waals surface area contributed by atoms with Gasteiger partial charge in [0.25, 0.3) is 0 Å². The summed E-state index contributed by atoms with van der Waals surface area (Å²) in [5.41, 5.74) is 3.49. The Labute approximate surface area is 183 Å². The van der Waals surface area contributed by atoms with E-state index in [4.69, 9.17) is 4.74 Å². The van der Waals surface area contributed by atoms with Crippen LogP contribution in [-0.2, 0) is 11.3 Å². The third kappa shape index (κ3) is 4.56. The molecule has 1 spiro atoms. The number of piperidine rings is 2. The minimum Gasteiger partial charge on any atom is -0.373 e. The Hall–Kier alpha value is -1.10. The zero-order valence-electron chi connectivity index (χ0n) is 19.2. The molecule has 3 aliphatic heterocycles. The van der Waals surface area contributed by atoms with E-state index in [0.717, 1.165) is 25.7 Å². The van der Waals surface area contributed by atoms with Crippen LogP contribution in [0.4, 0.5) is 5.69 Å². The molecule has 3 heterocycles. The summed E-state index contributed by atoms with van der Waals surface area (Å²) in [4.78, 5) is 7.97. The van der Waals surface area contributed by atoms with Crippen LogP contribution >= 0.6 is 0 Å². The van der Waals surface area contributed by atoms with Crippen molar-refractivity contribution in [2.24, 2.45) is 5.41 Å². The van der Waals surface area contributed by atoms with Gasteiger partial charge in [0.05, 0.1) is 12.2 Å². The third-order valence-corrected chi connectivity index (χ3v) is 8.48. The highest BCUT2D eigenvalue weighted by atomic mass is 16.5. The zero-order valence-corrected chi connectivity index (χ0v) is 19.2. The normalized spacial score (nSPS) is 31.1. The van der Waals surface area contributed by atoms with Crippen molar-refractivity contribution >= 4 is 5.69 Å². The minimum absolute atomic E-state index is 0.342. The molecule has 166 valence electrons. The monoisotopic (exact) mass is 411 g/mol. The highest BCUT2D eigenvalue weighted by Gasteiger charge is 2.39. The summed E-state index contributed by atoms with van der Waals surface area (Å²) in [5.74, 6) is 0. The van der Waals surface area contributed by atoms with Crippen LogP contribution in [0, 0.1) is 5.41 Å². The quantitative estimate of drug-likeness (QED) is 0.724. The molecule has 4 heteroatoms. The maximum absolute atomic E-state index is 5.88. The fourth-order valence-corrected chi connectivity index (χ4v) is 6.34. The fraction of sp³-hybridized carbons (Fsp3) is 0.769. The molecule has 1 aromatic rings. The van der Waals surface area contributed by atoms with Crippen molar-refractivity contribution in [1.29, 1.82) is 0 Å². The number of benzene rings is 1. The first-order valence-corrected chi connectivity index (χ1v) is 12.5. The molecule has 2 atom stereocenters. The van der Waals surface area contributed by atoms with E-state index in [9.17, 15) is 0 Å². The molecule has 4 nitrogen and oxygen atoms in total. The van der Waals surface area contributed by atoms with Crippen LogP contribution in [0.3, 0.4) is 0 Å². The van der Waals surface area contributed by atoms with Crippen molar-refractivity contribution in [3.05, 3.63) is 29.8 Å². The van der Waals surface area contributed by atoms with E-state index < -0.39 is 0 Å². The van der Waals surface area contributed by atoms with Crippen molar-refractivity contribution in [2.45, 2.75) is 83.6 Å². The molecular weight excluding hydrogens is 370 g/mol. The van der Waals surface area contributed by atoms with Gasteiger partial charge in [-0.1, -0.05) is 18.6 Å². The van der Waals surface area contributed by atoms with Gasteiger partial charge >= 0.3 is 0 Å². The Morgan fingerprint density at radius 1 is 0.867 bits per heavy atom. The summed E-state index contributed by atoms with van der Waals surface area (Å²) in [6.45, 7) is 12.7. The summed E-state index contributed by atoms with van der Waals surface area (Å²) >= 11 is 0. The van der Waals surface area contributed by atoms with E-state index in [1.165, 1.54) is 82.4 Å². The van der Waals surface area contributed by atoms with Gasteiger partial charge in [0.1, 0.15) is 0 Å². The van der Waals surface area contributed by atoms with Gasteiger partial charge < -0.3 is 14.5 Å². The highest BCUT2D eigenvalue weighted by molar-refractivity contribution is 5.48. The Morgan fingerprint density at radius 3 is 2.03 bits per heavy atom. The fourth-order valence-electron chi connectivity index (χ4n) is 6.34. The molecule has 1 saturated carbocycles. The number of rotatable bonds is 4. The molecule has 30 heavy (non-hydrogen) atoms. The molecule has 5 rings (SSSR count). The van der Waals surface area contributed by atoms with E-state index in [2.05, 4.69) is 52.8 Å². The minimum atomic E-state index is 0.342. The SMILES string of the molecule is CC1CN(Cc2ccc(N3CCC4(CC3)CCN(C3CCC3)CC4)cc2)CC(C)O1. The van der Waals surface area contributed by atoms with E-state index in [0.29, 0.717) is 17.6 Å². The molecule has 0 radical (unpaired) electrons. The van der Waals surface area contributed by atoms with Gasteiger partial charge in [-0.05, 0) is 88.6 Å². The Bertz CT molecular complexity index is 673. The first-order chi connectivity index (χ1) is 14.6. The summed E-state index contributed by atoms with van der Waals surface area (Å²) in [5, 5.41) is 0. The Balaban J connectivity index is 1.11. The molecule has 3 saturated heterocycles. The van der Waals surface area contributed by atoms with Gasteiger partial charge in [0.2, 0.25) is 0 Å². The maximum Gasteiger partial charge on any atom is 0.0678 e. The van der Waals surface area contributed by atoms with Gasteiger partial charge in [-0.3, -0.25) is 4.90 Å². The molecule has 4 aliphatic rings. The summed E-state index contributed by atoms with van der Waals surface area (Å²) in [6.07, 6.45) is 10.7. The molecular formula is C26H41N3O. The van der Waals surface area contributed by atoms with Crippen molar-refractivity contribution in [3.8, 4) is 0 Å². The average Bonchev–Trinajstić information content (AvgIpc) is 2.69. The van der Waals surface area contributed by atoms with Crippen LogP contribution in [0.15, 0.2) is 24.3 Å². The number of hydrogen-bond donors (Lipinski definition) is 0. The van der Waals surface area contributed by atoms with Crippen molar-refractivity contribution < 1.29 is 4.74 Å². The van der Waals surface area contributed by atoms with Crippen LogP contribution in [-0.4, -0.2) is 67.3 Å². The van der Waals surface area contributed by atoms with Gasteiger partial charge in [-0.15, -0.1) is 0 Å².